The molecule has 2 atom stereocenters. The second-order valence-corrected chi connectivity index (χ2v) is 4.67. The van der Waals surface area contributed by atoms with Crippen molar-refractivity contribution >= 4 is 18.2 Å². The van der Waals surface area contributed by atoms with E-state index < -0.39 is 12.1 Å². The van der Waals surface area contributed by atoms with Crippen LogP contribution in [0.3, 0.4) is 0 Å². The third-order valence-corrected chi connectivity index (χ3v) is 2.96. The smallest absolute Gasteiger partial charge is 0.408 e. The molecule has 1 amide bonds. The van der Waals surface area contributed by atoms with E-state index in [0.717, 1.165) is 11.8 Å². The molecular weight excluding hydrogens is 258 g/mol. The number of alkyl carbamates (subject to hydrolysis) is 1. The van der Waals surface area contributed by atoms with Crippen molar-refractivity contribution in [1.29, 1.82) is 0 Å². The highest BCUT2D eigenvalue weighted by Gasteiger charge is 2.24. The first-order valence-electron chi connectivity index (χ1n) is 6.46. The lowest BCUT2D eigenvalue weighted by Crippen LogP contribution is -2.44. The number of amides is 1. The van der Waals surface area contributed by atoms with Crippen LogP contribution in [0.15, 0.2) is 30.3 Å². The van der Waals surface area contributed by atoms with Gasteiger partial charge in [0.1, 0.15) is 12.9 Å². The molecule has 0 saturated carbocycles. The number of nitrogens with one attached hydrogen (secondary N) is 1. The van der Waals surface area contributed by atoms with E-state index in [1.54, 1.807) is 6.92 Å². The standard InChI is InChI=1S/C15H19NO4/c1-11(8-9-17)14(12(2)18)16-15(19)20-10-13-6-4-3-5-7-13/h3-7,9,11,14H,8,10H2,1-2H3,(H,16,19)/t11-,14+/m1/s1. The Kier molecular flexibility index (Phi) is 6.43. The second kappa shape index (κ2) is 8.09. The van der Waals surface area contributed by atoms with Crippen LogP contribution < -0.4 is 5.32 Å². The molecule has 0 radical (unpaired) electrons. The number of carbonyl (C=O) groups excluding carboxylic acids is 3. The molecule has 0 aliphatic rings. The minimum Gasteiger partial charge on any atom is -0.445 e. The fourth-order valence-electron chi connectivity index (χ4n) is 1.82. The van der Waals surface area contributed by atoms with Gasteiger partial charge in [0.05, 0.1) is 6.04 Å². The Morgan fingerprint density at radius 2 is 1.95 bits per heavy atom. The van der Waals surface area contributed by atoms with Crippen LogP contribution in [0.2, 0.25) is 0 Å². The maximum atomic E-state index is 11.7. The molecule has 0 unspecified atom stereocenters. The number of benzene rings is 1. The number of Topliss-reactive ketones (excluding diaryl/α,β-unsaturated/α-hetero) is 1. The Labute approximate surface area is 118 Å². The van der Waals surface area contributed by atoms with Gasteiger partial charge in [-0.2, -0.15) is 0 Å². The Bertz CT molecular complexity index is 458. The van der Waals surface area contributed by atoms with Crippen LogP contribution in [0.4, 0.5) is 4.79 Å². The molecule has 0 spiro atoms. The van der Waals surface area contributed by atoms with Crippen LogP contribution in [0.1, 0.15) is 25.8 Å². The summed E-state index contributed by atoms with van der Waals surface area (Å²) in [6.07, 6.45) is 0.285. The van der Waals surface area contributed by atoms with E-state index in [9.17, 15) is 14.4 Å². The van der Waals surface area contributed by atoms with Crippen LogP contribution >= 0.6 is 0 Å². The summed E-state index contributed by atoms with van der Waals surface area (Å²) in [6, 6.07) is 8.54. The van der Waals surface area contributed by atoms with Gasteiger partial charge in [0.2, 0.25) is 0 Å². The third-order valence-electron chi connectivity index (χ3n) is 2.96. The lowest BCUT2D eigenvalue weighted by Gasteiger charge is -2.20. The molecule has 5 nitrogen and oxygen atoms in total. The van der Waals surface area contributed by atoms with E-state index in [1.807, 2.05) is 30.3 Å². The predicted molar refractivity (Wildman–Crippen MR) is 74.1 cm³/mol. The normalized spacial score (nSPS) is 13.1. The van der Waals surface area contributed by atoms with E-state index >= 15 is 0 Å². The summed E-state index contributed by atoms with van der Waals surface area (Å²) in [4.78, 5) is 33.6. The zero-order valence-electron chi connectivity index (χ0n) is 11.7. The van der Waals surface area contributed by atoms with E-state index in [-0.39, 0.29) is 24.7 Å². The minimum atomic E-state index is -0.705. The topological polar surface area (TPSA) is 72.5 Å². The molecule has 0 bridgehead atoms. The highest BCUT2D eigenvalue weighted by Crippen LogP contribution is 2.08. The average molecular weight is 277 g/mol. The molecule has 1 aromatic carbocycles. The maximum absolute atomic E-state index is 11.7. The van der Waals surface area contributed by atoms with Gasteiger partial charge in [-0.1, -0.05) is 37.3 Å². The van der Waals surface area contributed by atoms with E-state index in [1.165, 1.54) is 6.92 Å². The number of hydrogen-bond acceptors (Lipinski definition) is 4. The molecule has 0 heterocycles. The van der Waals surface area contributed by atoms with Gasteiger partial charge in [-0.3, -0.25) is 4.79 Å². The fraction of sp³-hybridized carbons (Fsp3) is 0.400. The summed E-state index contributed by atoms with van der Waals surface area (Å²) < 4.78 is 5.05. The van der Waals surface area contributed by atoms with E-state index in [4.69, 9.17) is 4.74 Å². The van der Waals surface area contributed by atoms with E-state index in [0.29, 0.717) is 0 Å². The van der Waals surface area contributed by atoms with Gasteiger partial charge in [0.15, 0.2) is 5.78 Å². The molecule has 108 valence electrons. The van der Waals surface area contributed by atoms with Crippen molar-refractivity contribution in [2.75, 3.05) is 0 Å². The first-order valence-corrected chi connectivity index (χ1v) is 6.46. The molecule has 0 aliphatic heterocycles. The van der Waals surface area contributed by atoms with Gasteiger partial charge in [-0.15, -0.1) is 0 Å². The Balaban J connectivity index is 2.50. The van der Waals surface area contributed by atoms with Crippen molar-refractivity contribution in [3.63, 3.8) is 0 Å². The first kappa shape index (κ1) is 15.9. The number of aldehydes is 1. The molecule has 0 aromatic heterocycles. The lowest BCUT2D eigenvalue weighted by atomic mass is 9.96. The quantitative estimate of drug-likeness (QED) is 0.775. The Morgan fingerprint density at radius 1 is 1.30 bits per heavy atom. The molecule has 0 fully saturated rings. The third kappa shape index (κ3) is 5.22. The van der Waals surface area contributed by atoms with Crippen LogP contribution in [0, 0.1) is 5.92 Å². The van der Waals surface area contributed by atoms with Crippen molar-refractivity contribution in [1.82, 2.24) is 5.32 Å². The number of ether oxygens (including phenoxy) is 1. The summed E-state index contributed by atoms with van der Waals surface area (Å²) in [5, 5.41) is 2.50. The van der Waals surface area contributed by atoms with Crippen molar-refractivity contribution in [3.8, 4) is 0 Å². The van der Waals surface area contributed by atoms with Crippen molar-refractivity contribution in [3.05, 3.63) is 35.9 Å². The lowest BCUT2D eigenvalue weighted by molar-refractivity contribution is -0.120. The zero-order valence-corrected chi connectivity index (χ0v) is 11.7. The molecular formula is C15H19NO4. The largest absolute Gasteiger partial charge is 0.445 e. The molecule has 0 saturated heterocycles. The number of hydrogen-bond donors (Lipinski definition) is 1. The monoisotopic (exact) mass is 277 g/mol. The van der Waals surface area contributed by atoms with Gasteiger partial charge < -0.3 is 14.8 Å². The summed E-state index contributed by atoms with van der Waals surface area (Å²) in [5.41, 5.74) is 0.864. The predicted octanol–water partition coefficient (Wildman–Crippen LogP) is 2.10. The Morgan fingerprint density at radius 3 is 2.50 bits per heavy atom. The molecule has 20 heavy (non-hydrogen) atoms. The van der Waals surface area contributed by atoms with Gasteiger partial charge >= 0.3 is 6.09 Å². The van der Waals surface area contributed by atoms with Crippen molar-refractivity contribution in [2.45, 2.75) is 32.9 Å². The zero-order chi connectivity index (χ0) is 15.0. The van der Waals surface area contributed by atoms with Gasteiger partial charge in [0, 0.05) is 6.42 Å². The van der Waals surface area contributed by atoms with E-state index in [2.05, 4.69) is 5.32 Å². The first-order chi connectivity index (χ1) is 9.54. The number of ketones is 1. The number of rotatable bonds is 7. The summed E-state index contributed by atoms with van der Waals surface area (Å²) >= 11 is 0. The number of carbonyl (C=O) groups is 3. The molecule has 1 rings (SSSR count). The van der Waals surface area contributed by atoms with Gasteiger partial charge in [0.25, 0.3) is 0 Å². The summed E-state index contributed by atoms with van der Waals surface area (Å²) in [7, 11) is 0. The summed E-state index contributed by atoms with van der Waals surface area (Å²) in [6.45, 7) is 3.25. The van der Waals surface area contributed by atoms with Gasteiger partial charge in [-0.05, 0) is 18.4 Å². The Hall–Kier alpha value is -2.17. The minimum absolute atomic E-state index is 0.138. The maximum Gasteiger partial charge on any atom is 0.408 e. The van der Waals surface area contributed by atoms with Crippen LogP contribution in [0.5, 0.6) is 0 Å². The SMILES string of the molecule is CC(=O)[C@@H](NC(=O)OCc1ccccc1)[C@H](C)CC=O. The molecule has 0 aliphatic carbocycles. The highest BCUT2D eigenvalue weighted by molar-refractivity contribution is 5.85. The van der Waals surface area contributed by atoms with Crippen molar-refractivity contribution in [2.24, 2.45) is 5.92 Å². The molecule has 5 heteroatoms. The molecule has 1 N–H and O–H groups in total. The second-order valence-electron chi connectivity index (χ2n) is 4.67. The van der Waals surface area contributed by atoms with Crippen LogP contribution in [-0.2, 0) is 20.9 Å². The van der Waals surface area contributed by atoms with Crippen LogP contribution in [0.25, 0.3) is 0 Å². The van der Waals surface area contributed by atoms with Crippen molar-refractivity contribution < 1.29 is 19.1 Å². The fourth-order valence-corrected chi connectivity index (χ4v) is 1.82. The van der Waals surface area contributed by atoms with Crippen LogP contribution in [-0.4, -0.2) is 24.2 Å². The summed E-state index contributed by atoms with van der Waals surface area (Å²) in [5.74, 6) is -0.453. The van der Waals surface area contributed by atoms with Gasteiger partial charge in [-0.25, -0.2) is 4.79 Å². The highest BCUT2D eigenvalue weighted by atomic mass is 16.5. The molecule has 1 aromatic rings. The average Bonchev–Trinajstić information content (AvgIpc) is 2.43.